The number of carbonyl (C=O) groups is 3. The molecule has 0 N–H and O–H groups in total. The molecular weight excluding hydrogens is 985 g/mol. The van der Waals surface area contributed by atoms with E-state index in [1.807, 2.05) is 0 Å². The van der Waals surface area contributed by atoms with E-state index in [-0.39, 0.29) is 31.1 Å². The number of allylic oxidation sites excluding steroid dienone is 16. The van der Waals surface area contributed by atoms with Crippen LogP contribution in [0.15, 0.2) is 97.2 Å². The molecule has 0 fully saturated rings. The molecule has 6 nitrogen and oxygen atoms in total. The third kappa shape index (κ3) is 65.1. The van der Waals surface area contributed by atoms with E-state index in [1.165, 1.54) is 193 Å². The van der Waals surface area contributed by atoms with Gasteiger partial charge in [-0.2, -0.15) is 0 Å². The lowest BCUT2D eigenvalue weighted by atomic mass is 10.0. The van der Waals surface area contributed by atoms with Crippen molar-refractivity contribution in [1.29, 1.82) is 0 Å². The fraction of sp³-hybridized carbons (Fsp3) is 0.743. The van der Waals surface area contributed by atoms with Gasteiger partial charge in [-0.3, -0.25) is 14.4 Å². The molecular formula is C74H128O6. The van der Waals surface area contributed by atoms with Gasteiger partial charge in [0.25, 0.3) is 0 Å². The molecule has 0 aliphatic rings. The second kappa shape index (κ2) is 67.8. The van der Waals surface area contributed by atoms with Gasteiger partial charge in [-0.15, -0.1) is 0 Å². The van der Waals surface area contributed by atoms with E-state index < -0.39 is 6.10 Å². The van der Waals surface area contributed by atoms with Gasteiger partial charge >= 0.3 is 17.9 Å². The van der Waals surface area contributed by atoms with Crippen LogP contribution in [0, 0.1) is 0 Å². The Balaban J connectivity index is 4.15. The Hall–Kier alpha value is -3.67. The zero-order chi connectivity index (χ0) is 57.8. The number of carbonyl (C=O) groups excluding carboxylic acids is 3. The van der Waals surface area contributed by atoms with Crippen LogP contribution in [0.5, 0.6) is 0 Å². The van der Waals surface area contributed by atoms with Crippen molar-refractivity contribution in [2.24, 2.45) is 0 Å². The van der Waals surface area contributed by atoms with E-state index in [9.17, 15) is 14.4 Å². The highest BCUT2D eigenvalue weighted by molar-refractivity contribution is 5.71. The van der Waals surface area contributed by atoms with Crippen LogP contribution >= 0.6 is 0 Å². The molecule has 0 aliphatic carbocycles. The van der Waals surface area contributed by atoms with Crippen molar-refractivity contribution in [1.82, 2.24) is 0 Å². The fourth-order valence-corrected chi connectivity index (χ4v) is 9.71. The zero-order valence-electron chi connectivity index (χ0n) is 52.8. The Morgan fingerprint density at radius 3 is 0.762 bits per heavy atom. The largest absolute Gasteiger partial charge is 0.462 e. The molecule has 6 heteroatoms. The summed E-state index contributed by atoms with van der Waals surface area (Å²) in [5.74, 6) is -0.873. The number of rotatable bonds is 62. The summed E-state index contributed by atoms with van der Waals surface area (Å²) >= 11 is 0. The van der Waals surface area contributed by atoms with E-state index >= 15 is 0 Å². The van der Waals surface area contributed by atoms with Crippen LogP contribution in [0.25, 0.3) is 0 Å². The molecule has 1 atom stereocenters. The Labute approximate surface area is 496 Å². The van der Waals surface area contributed by atoms with Crippen LogP contribution in [0.4, 0.5) is 0 Å². The van der Waals surface area contributed by atoms with Gasteiger partial charge in [0.2, 0.25) is 0 Å². The Morgan fingerprint density at radius 1 is 0.263 bits per heavy atom. The molecule has 0 saturated heterocycles. The molecule has 0 rings (SSSR count). The fourth-order valence-electron chi connectivity index (χ4n) is 9.71. The number of hydrogen-bond acceptors (Lipinski definition) is 6. The predicted molar refractivity (Wildman–Crippen MR) is 348 cm³/mol. The Morgan fingerprint density at radius 2 is 0.487 bits per heavy atom. The van der Waals surface area contributed by atoms with Gasteiger partial charge in [-0.1, -0.05) is 311 Å². The van der Waals surface area contributed by atoms with Gasteiger partial charge in [0.1, 0.15) is 13.2 Å². The molecule has 0 amide bonds. The maximum Gasteiger partial charge on any atom is 0.306 e. The number of ether oxygens (including phenoxy) is 3. The molecule has 0 bridgehead atoms. The summed E-state index contributed by atoms with van der Waals surface area (Å²) in [5, 5.41) is 0. The van der Waals surface area contributed by atoms with E-state index in [0.717, 1.165) is 103 Å². The summed E-state index contributed by atoms with van der Waals surface area (Å²) in [5.41, 5.74) is 0. The van der Waals surface area contributed by atoms with Crippen molar-refractivity contribution >= 4 is 17.9 Å². The van der Waals surface area contributed by atoms with Gasteiger partial charge in [-0.25, -0.2) is 0 Å². The molecule has 0 heterocycles. The van der Waals surface area contributed by atoms with Crippen molar-refractivity contribution in [2.45, 2.75) is 341 Å². The molecule has 0 aliphatic heterocycles. The van der Waals surface area contributed by atoms with Crippen molar-refractivity contribution in [3.05, 3.63) is 97.2 Å². The summed E-state index contributed by atoms with van der Waals surface area (Å²) in [6, 6.07) is 0. The standard InChI is InChI=1S/C74H128O6/c1-4-7-10-13-16-19-21-23-25-27-29-31-33-35-36-37-38-40-41-43-45-47-49-51-53-55-58-61-64-67-73(76)79-70-71(69-78-72(75)66-63-60-57-18-15-12-9-6-3)80-74(77)68-65-62-59-56-54-52-50-48-46-44-42-39-34-32-30-28-26-24-22-20-17-14-11-8-5-2/h7,10,16,19,22-25,28-31,35-36,38,40,71H,4-6,8-9,11-15,17-18,20-21,26-27,32-34,37,39,41-70H2,1-3H3/b10-7-,19-16-,24-22-,25-23-,30-28-,31-29-,36-35-,40-38-. The minimum Gasteiger partial charge on any atom is -0.462 e. The minimum absolute atomic E-state index is 0.0758. The average Bonchev–Trinajstić information content (AvgIpc) is 3.46. The molecule has 0 aromatic heterocycles. The number of esters is 3. The monoisotopic (exact) mass is 1110 g/mol. The summed E-state index contributed by atoms with van der Waals surface area (Å²) in [7, 11) is 0. The smallest absolute Gasteiger partial charge is 0.306 e. The highest BCUT2D eigenvalue weighted by atomic mass is 16.6. The second-order valence-corrected chi connectivity index (χ2v) is 22.7. The van der Waals surface area contributed by atoms with E-state index in [0.29, 0.717) is 19.3 Å². The summed E-state index contributed by atoms with van der Waals surface area (Å²) in [4.78, 5) is 38.2. The number of unbranched alkanes of at least 4 members (excludes halogenated alkanes) is 35. The molecule has 0 saturated carbocycles. The average molecular weight is 1110 g/mol. The van der Waals surface area contributed by atoms with Crippen molar-refractivity contribution in [3.8, 4) is 0 Å². The van der Waals surface area contributed by atoms with Gasteiger partial charge in [0.15, 0.2) is 6.10 Å². The minimum atomic E-state index is -0.778. The third-order valence-electron chi connectivity index (χ3n) is 14.8. The van der Waals surface area contributed by atoms with Gasteiger partial charge in [-0.05, 0) is 103 Å². The lowest BCUT2D eigenvalue weighted by Gasteiger charge is -2.18. The molecule has 460 valence electrons. The lowest BCUT2D eigenvalue weighted by molar-refractivity contribution is -0.167. The first-order valence-electron chi connectivity index (χ1n) is 34.2. The van der Waals surface area contributed by atoms with Gasteiger partial charge in [0, 0.05) is 19.3 Å². The number of hydrogen-bond donors (Lipinski definition) is 0. The lowest BCUT2D eigenvalue weighted by Crippen LogP contribution is -2.30. The molecule has 0 aromatic carbocycles. The SMILES string of the molecule is CC/C=C\C/C=C\C/C=C\C/C=C\C/C=C\C/C=C\CCCCCCCCCCCCC(=O)OCC(COC(=O)CCCCCCCCCC)OC(=O)CCCCCCCCCCCCCCC/C=C\C/C=C\CCCCCCC. The highest BCUT2D eigenvalue weighted by Gasteiger charge is 2.19. The molecule has 1 unspecified atom stereocenters. The van der Waals surface area contributed by atoms with Crippen LogP contribution < -0.4 is 0 Å². The molecule has 0 spiro atoms. The van der Waals surface area contributed by atoms with Gasteiger partial charge < -0.3 is 14.2 Å². The maximum atomic E-state index is 12.9. The van der Waals surface area contributed by atoms with Gasteiger partial charge in [0.05, 0.1) is 0 Å². The van der Waals surface area contributed by atoms with Crippen LogP contribution in [0.2, 0.25) is 0 Å². The quantitative estimate of drug-likeness (QED) is 0.0261. The van der Waals surface area contributed by atoms with Crippen LogP contribution in [0.1, 0.15) is 335 Å². The topological polar surface area (TPSA) is 78.9 Å². The van der Waals surface area contributed by atoms with E-state index in [4.69, 9.17) is 14.2 Å². The second-order valence-electron chi connectivity index (χ2n) is 22.7. The highest BCUT2D eigenvalue weighted by Crippen LogP contribution is 2.17. The third-order valence-corrected chi connectivity index (χ3v) is 14.8. The van der Waals surface area contributed by atoms with Crippen molar-refractivity contribution in [3.63, 3.8) is 0 Å². The van der Waals surface area contributed by atoms with Crippen molar-refractivity contribution < 1.29 is 28.6 Å². The normalized spacial score (nSPS) is 12.7. The van der Waals surface area contributed by atoms with Crippen LogP contribution in [-0.2, 0) is 28.6 Å². The van der Waals surface area contributed by atoms with Crippen LogP contribution in [0.3, 0.4) is 0 Å². The summed E-state index contributed by atoms with van der Waals surface area (Å²) in [6.45, 7) is 6.52. The molecule has 80 heavy (non-hydrogen) atoms. The van der Waals surface area contributed by atoms with Crippen molar-refractivity contribution in [2.75, 3.05) is 13.2 Å². The summed E-state index contributed by atoms with van der Waals surface area (Å²) < 4.78 is 16.9. The van der Waals surface area contributed by atoms with E-state index in [1.54, 1.807) is 0 Å². The first-order valence-corrected chi connectivity index (χ1v) is 34.2. The first kappa shape index (κ1) is 76.3. The Kier molecular flexibility index (Phi) is 64.7. The van der Waals surface area contributed by atoms with Crippen LogP contribution in [-0.4, -0.2) is 37.2 Å². The molecule has 0 radical (unpaired) electrons. The molecule has 0 aromatic rings. The predicted octanol–water partition coefficient (Wildman–Crippen LogP) is 23.6. The van der Waals surface area contributed by atoms with E-state index in [2.05, 4.69) is 118 Å². The summed E-state index contributed by atoms with van der Waals surface area (Å²) in [6.07, 6.45) is 91.6. The zero-order valence-corrected chi connectivity index (χ0v) is 52.8. The first-order chi connectivity index (χ1) is 39.5. The Bertz CT molecular complexity index is 1560. The maximum absolute atomic E-state index is 12.9.